The highest BCUT2D eigenvalue weighted by Gasteiger charge is 2.28. The van der Waals surface area contributed by atoms with Gasteiger partial charge in [-0.05, 0) is 19.4 Å². The molecule has 0 amide bonds. The molecule has 2 unspecified atom stereocenters. The van der Waals surface area contributed by atoms with Crippen LogP contribution in [-0.4, -0.2) is 28.8 Å². The fourth-order valence-electron chi connectivity index (χ4n) is 2.12. The molecule has 1 heterocycles. The number of aromatic nitrogens is 2. The lowest BCUT2D eigenvalue weighted by Crippen LogP contribution is -2.38. The SMILES string of the molecule is CCNC(c1nccn1C)C(OCC)C(C)C. The molecule has 2 atom stereocenters. The van der Waals surface area contributed by atoms with Gasteiger partial charge in [-0.25, -0.2) is 4.98 Å². The molecular weight excluding hydrogens is 214 g/mol. The maximum Gasteiger partial charge on any atom is 0.128 e. The monoisotopic (exact) mass is 239 g/mol. The standard InChI is InChI=1S/C13H25N3O/c1-6-14-11(12(10(3)4)17-7-2)13-15-8-9-16(13)5/h8-12,14H,6-7H2,1-5H3. The lowest BCUT2D eigenvalue weighted by atomic mass is 9.98. The van der Waals surface area contributed by atoms with Crippen LogP contribution in [0.5, 0.6) is 0 Å². The smallest absolute Gasteiger partial charge is 0.128 e. The van der Waals surface area contributed by atoms with E-state index in [9.17, 15) is 0 Å². The summed E-state index contributed by atoms with van der Waals surface area (Å²) in [6, 6.07) is 0.153. The second-order valence-electron chi connectivity index (χ2n) is 4.60. The Hall–Kier alpha value is -0.870. The molecule has 0 saturated carbocycles. The minimum Gasteiger partial charge on any atom is -0.376 e. The fourth-order valence-corrected chi connectivity index (χ4v) is 2.12. The van der Waals surface area contributed by atoms with Crippen molar-refractivity contribution in [1.82, 2.24) is 14.9 Å². The minimum absolute atomic E-state index is 0.153. The molecule has 0 saturated heterocycles. The van der Waals surface area contributed by atoms with Gasteiger partial charge < -0.3 is 14.6 Å². The maximum absolute atomic E-state index is 5.88. The molecule has 1 aromatic heterocycles. The predicted molar refractivity (Wildman–Crippen MR) is 69.9 cm³/mol. The van der Waals surface area contributed by atoms with Crippen LogP contribution >= 0.6 is 0 Å². The first-order chi connectivity index (χ1) is 8.11. The lowest BCUT2D eigenvalue weighted by Gasteiger charge is -2.30. The van der Waals surface area contributed by atoms with Crippen molar-refractivity contribution in [2.24, 2.45) is 13.0 Å². The molecule has 4 nitrogen and oxygen atoms in total. The zero-order valence-electron chi connectivity index (χ0n) is 11.6. The van der Waals surface area contributed by atoms with Crippen molar-refractivity contribution in [1.29, 1.82) is 0 Å². The summed E-state index contributed by atoms with van der Waals surface area (Å²) in [5.41, 5.74) is 0. The summed E-state index contributed by atoms with van der Waals surface area (Å²) in [7, 11) is 2.02. The summed E-state index contributed by atoms with van der Waals surface area (Å²) in [4.78, 5) is 4.44. The first-order valence-corrected chi connectivity index (χ1v) is 6.44. The summed E-state index contributed by atoms with van der Waals surface area (Å²) in [5.74, 6) is 1.50. The first kappa shape index (κ1) is 14.2. The highest BCUT2D eigenvalue weighted by atomic mass is 16.5. The molecule has 1 rings (SSSR count). The molecule has 0 spiro atoms. The zero-order chi connectivity index (χ0) is 12.8. The van der Waals surface area contributed by atoms with Crippen molar-refractivity contribution in [3.8, 4) is 0 Å². The van der Waals surface area contributed by atoms with Gasteiger partial charge in [0.1, 0.15) is 5.82 Å². The van der Waals surface area contributed by atoms with Gasteiger partial charge in [0.2, 0.25) is 0 Å². The Kier molecular flexibility index (Phi) is 5.65. The number of nitrogens with one attached hydrogen (secondary N) is 1. The van der Waals surface area contributed by atoms with Crippen LogP contribution in [0.25, 0.3) is 0 Å². The topological polar surface area (TPSA) is 39.1 Å². The Bertz CT molecular complexity index is 322. The van der Waals surface area contributed by atoms with E-state index < -0.39 is 0 Å². The van der Waals surface area contributed by atoms with Gasteiger partial charge in [-0.3, -0.25) is 0 Å². The predicted octanol–water partition coefficient (Wildman–Crippen LogP) is 2.13. The molecular formula is C13H25N3O. The summed E-state index contributed by atoms with van der Waals surface area (Å²) in [5, 5.41) is 3.48. The van der Waals surface area contributed by atoms with E-state index in [0.29, 0.717) is 5.92 Å². The Balaban J connectivity index is 2.93. The number of hydrogen-bond donors (Lipinski definition) is 1. The van der Waals surface area contributed by atoms with E-state index in [2.05, 4.69) is 35.6 Å². The summed E-state index contributed by atoms with van der Waals surface area (Å²) < 4.78 is 7.94. The Morgan fingerprint density at radius 2 is 2.12 bits per heavy atom. The van der Waals surface area contributed by atoms with E-state index in [0.717, 1.165) is 19.0 Å². The molecule has 0 fully saturated rings. The molecule has 1 N–H and O–H groups in total. The third-order valence-corrected chi connectivity index (χ3v) is 2.91. The average Bonchev–Trinajstić information content (AvgIpc) is 2.69. The highest BCUT2D eigenvalue weighted by Crippen LogP contribution is 2.23. The summed E-state index contributed by atoms with van der Waals surface area (Å²) >= 11 is 0. The summed E-state index contributed by atoms with van der Waals surface area (Å²) in [6.45, 7) is 10.2. The molecule has 0 bridgehead atoms. The van der Waals surface area contributed by atoms with Crippen molar-refractivity contribution in [2.75, 3.05) is 13.2 Å². The molecule has 0 aliphatic carbocycles. The Morgan fingerprint density at radius 1 is 1.41 bits per heavy atom. The van der Waals surface area contributed by atoms with Crippen LogP contribution in [0, 0.1) is 5.92 Å². The van der Waals surface area contributed by atoms with Gasteiger partial charge in [-0.15, -0.1) is 0 Å². The number of aryl methyl sites for hydroxylation is 1. The van der Waals surface area contributed by atoms with Crippen LogP contribution in [-0.2, 0) is 11.8 Å². The number of rotatable bonds is 7. The van der Waals surface area contributed by atoms with E-state index in [1.165, 1.54) is 0 Å². The molecule has 17 heavy (non-hydrogen) atoms. The molecule has 0 aliphatic heterocycles. The van der Waals surface area contributed by atoms with Crippen LogP contribution in [0.4, 0.5) is 0 Å². The van der Waals surface area contributed by atoms with E-state index >= 15 is 0 Å². The van der Waals surface area contributed by atoms with Crippen molar-refractivity contribution in [3.63, 3.8) is 0 Å². The quantitative estimate of drug-likeness (QED) is 0.792. The number of hydrogen-bond acceptors (Lipinski definition) is 3. The van der Waals surface area contributed by atoms with E-state index in [1.54, 1.807) is 0 Å². The Morgan fingerprint density at radius 3 is 2.53 bits per heavy atom. The van der Waals surface area contributed by atoms with Gasteiger partial charge in [-0.2, -0.15) is 0 Å². The van der Waals surface area contributed by atoms with Crippen LogP contribution in [0.2, 0.25) is 0 Å². The molecule has 4 heteroatoms. The minimum atomic E-state index is 0.153. The molecule has 0 aliphatic rings. The van der Waals surface area contributed by atoms with E-state index in [1.807, 2.05) is 26.4 Å². The maximum atomic E-state index is 5.88. The zero-order valence-corrected chi connectivity index (χ0v) is 11.6. The first-order valence-electron chi connectivity index (χ1n) is 6.44. The van der Waals surface area contributed by atoms with Crippen LogP contribution < -0.4 is 5.32 Å². The van der Waals surface area contributed by atoms with Gasteiger partial charge in [0.25, 0.3) is 0 Å². The number of ether oxygens (including phenoxy) is 1. The average molecular weight is 239 g/mol. The fraction of sp³-hybridized carbons (Fsp3) is 0.769. The van der Waals surface area contributed by atoms with E-state index in [4.69, 9.17) is 4.74 Å². The second kappa shape index (κ2) is 6.77. The molecule has 1 aromatic rings. The second-order valence-corrected chi connectivity index (χ2v) is 4.60. The van der Waals surface area contributed by atoms with Gasteiger partial charge in [0, 0.05) is 26.0 Å². The Labute approximate surface area is 104 Å². The molecule has 0 aromatic carbocycles. The number of likely N-dealkylation sites (N-methyl/N-ethyl adjacent to an activating group) is 1. The van der Waals surface area contributed by atoms with Crippen LogP contribution in [0.15, 0.2) is 12.4 Å². The van der Waals surface area contributed by atoms with Gasteiger partial charge >= 0.3 is 0 Å². The van der Waals surface area contributed by atoms with E-state index in [-0.39, 0.29) is 12.1 Å². The number of imidazole rings is 1. The number of nitrogens with zero attached hydrogens (tertiary/aromatic N) is 2. The molecule has 98 valence electrons. The lowest BCUT2D eigenvalue weighted by molar-refractivity contribution is 0.000487. The third kappa shape index (κ3) is 3.54. The third-order valence-electron chi connectivity index (χ3n) is 2.91. The van der Waals surface area contributed by atoms with Gasteiger partial charge in [0.15, 0.2) is 0 Å². The van der Waals surface area contributed by atoms with Crippen molar-refractivity contribution in [3.05, 3.63) is 18.2 Å². The van der Waals surface area contributed by atoms with Crippen molar-refractivity contribution >= 4 is 0 Å². The van der Waals surface area contributed by atoms with Gasteiger partial charge in [-0.1, -0.05) is 20.8 Å². The van der Waals surface area contributed by atoms with Crippen molar-refractivity contribution < 1.29 is 4.74 Å². The normalized spacial score (nSPS) is 15.2. The van der Waals surface area contributed by atoms with Crippen molar-refractivity contribution in [2.45, 2.75) is 39.8 Å². The van der Waals surface area contributed by atoms with Crippen LogP contribution in [0.1, 0.15) is 39.6 Å². The summed E-state index contributed by atoms with van der Waals surface area (Å²) in [6.07, 6.45) is 3.97. The highest BCUT2D eigenvalue weighted by molar-refractivity contribution is 5.02. The van der Waals surface area contributed by atoms with Crippen LogP contribution in [0.3, 0.4) is 0 Å². The van der Waals surface area contributed by atoms with Gasteiger partial charge in [0.05, 0.1) is 12.1 Å². The largest absolute Gasteiger partial charge is 0.376 e. The molecule has 0 radical (unpaired) electrons.